The van der Waals surface area contributed by atoms with E-state index in [1.807, 2.05) is 75.5 Å². The van der Waals surface area contributed by atoms with Gasteiger partial charge in [0.25, 0.3) is 0 Å². The molecule has 1 aliphatic heterocycles. The smallest absolute Gasteiger partial charge is 0.330 e. The van der Waals surface area contributed by atoms with Crippen LogP contribution in [0.5, 0.6) is 23.0 Å². The first-order valence-corrected chi connectivity index (χ1v) is 32.0. The second-order valence-electron chi connectivity index (χ2n) is 25.1. The Bertz CT molecular complexity index is 3720. The van der Waals surface area contributed by atoms with Gasteiger partial charge in [0.1, 0.15) is 18.2 Å². The van der Waals surface area contributed by atoms with Crippen LogP contribution in [0.2, 0.25) is 0 Å². The third-order valence-electron chi connectivity index (χ3n) is 18.7. The molecular weight excluding hydrogens is 1110 g/mol. The minimum Gasteiger partial charge on any atom is -0.493 e. The van der Waals surface area contributed by atoms with Crippen LogP contribution in [0.25, 0.3) is 28.9 Å². The first kappa shape index (κ1) is 62.0. The highest BCUT2D eigenvalue weighted by molar-refractivity contribution is 6.08. The lowest BCUT2D eigenvalue weighted by Crippen LogP contribution is -2.20. The quantitative estimate of drug-likeness (QED) is 0.0182. The third-order valence-corrected chi connectivity index (χ3v) is 18.7. The molecule has 5 atom stereocenters. The molecule has 0 bridgehead atoms. The van der Waals surface area contributed by atoms with Crippen LogP contribution in [-0.2, 0) is 19.1 Å². The van der Waals surface area contributed by atoms with Gasteiger partial charge < -0.3 is 23.7 Å². The average molecular weight is 1190 g/mol. The molecule has 0 N–H and O–H groups in total. The van der Waals surface area contributed by atoms with Crippen LogP contribution in [0.3, 0.4) is 0 Å². The van der Waals surface area contributed by atoms with Gasteiger partial charge in [-0.1, -0.05) is 135 Å². The predicted molar refractivity (Wildman–Crippen MR) is 351 cm³/mol. The van der Waals surface area contributed by atoms with Crippen molar-refractivity contribution in [2.24, 2.45) is 46.4 Å². The van der Waals surface area contributed by atoms with Gasteiger partial charge in [-0.3, -0.25) is 24.2 Å². The van der Waals surface area contributed by atoms with Gasteiger partial charge in [-0.2, -0.15) is 0 Å². The summed E-state index contributed by atoms with van der Waals surface area (Å²) >= 11 is 0. The number of methoxy groups -OCH3 is 2. The van der Waals surface area contributed by atoms with E-state index < -0.39 is 5.97 Å². The van der Waals surface area contributed by atoms with Gasteiger partial charge >= 0.3 is 5.97 Å². The summed E-state index contributed by atoms with van der Waals surface area (Å²) < 4.78 is 29.7. The summed E-state index contributed by atoms with van der Waals surface area (Å²) in [6.45, 7) is 6.88. The molecule has 11 heteroatoms. The van der Waals surface area contributed by atoms with Crippen molar-refractivity contribution >= 4 is 58.7 Å². The van der Waals surface area contributed by atoms with Crippen molar-refractivity contribution in [1.82, 2.24) is 0 Å². The van der Waals surface area contributed by atoms with Gasteiger partial charge in [-0.25, -0.2) is 4.79 Å². The zero-order chi connectivity index (χ0) is 62.0. The fraction of sp³-hybridized carbons (Fsp3) is 0.372. The lowest BCUT2D eigenvalue weighted by atomic mass is 9.82. The van der Waals surface area contributed by atoms with Crippen LogP contribution >= 0.6 is 0 Å². The lowest BCUT2D eigenvalue weighted by Gasteiger charge is -2.23. The van der Waals surface area contributed by atoms with Crippen LogP contribution in [0.4, 0.5) is 5.69 Å². The average Bonchev–Trinajstić information content (AvgIpc) is 1.79. The van der Waals surface area contributed by atoms with Gasteiger partial charge in [-0.05, 0) is 156 Å². The molecule has 5 unspecified atom stereocenters. The number of carbonyl (C=O) groups excluding carboxylic acids is 5. The highest BCUT2D eigenvalue weighted by Crippen LogP contribution is 2.47. The summed E-state index contributed by atoms with van der Waals surface area (Å²) in [5.41, 5.74) is 16.4. The number of nitrogens with zero attached hydrogens (tertiary/aromatic N) is 1. The Balaban J connectivity index is 0.619. The van der Waals surface area contributed by atoms with E-state index in [2.05, 4.69) is 72.5 Å². The minimum atomic E-state index is -0.412. The number of allylic oxidation sites excluding steroid dienone is 9. The Labute approximate surface area is 524 Å². The Morgan fingerprint density at radius 3 is 2.15 bits per heavy atom. The van der Waals surface area contributed by atoms with Crippen LogP contribution in [0.15, 0.2) is 161 Å². The zero-order valence-electron chi connectivity index (χ0n) is 52.0. The summed E-state index contributed by atoms with van der Waals surface area (Å²) in [7, 11) is 3.14. The number of fused-ring (bicyclic) bond motifs is 7. The first-order valence-electron chi connectivity index (χ1n) is 32.0. The molecule has 89 heavy (non-hydrogen) atoms. The summed E-state index contributed by atoms with van der Waals surface area (Å²) in [4.78, 5) is 71.9. The fourth-order valence-corrected chi connectivity index (χ4v) is 13.4. The molecule has 6 aliphatic rings. The number of benzene rings is 5. The van der Waals surface area contributed by atoms with E-state index in [0.29, 0.717) is 110 Å². The molecule has 5 aliphatic carbocycles. The molecule has 5 aromatic rings. The van der Waals surface area contributed by atoms with E-state index in [1.165, 1.54) is 41.2 Å². The Hall–Kier alpha value is -8.66. The second kappa shape index (κ2) is 28.7. The van der Waals surface area contributed by atoms with Crippen molar-refractivity contribution in [3.63, 3.8) is 0 Å². The predicted octanol–water partition coefficient (Wildman–Crippen LogP) is 16.9. The Morgan fingerprint density at radius 2 is 1.44 bits per heavy atom. The number of hydrogen-bond donors (Lipinski definition) is 0. The van der Waals surface area contributed by atoms with Gasteiger partial charge in [0, 0.05) is 84.8 Å². The second-order valence-corrected chi connectivity index (χ2v) is 25.1. The number of carbonyl (C=O) groups is 5. The van der Waals surface area contributed by atoms with Gasteiger partial charge in [-0.15, -0.1) is 5.73 Å². The van der Waals surface area contributed by atoms with Gasteiger partial charge in [0.05, 0.1) is 33.1 Å². The van der Waals surface area contributed by atoms with Crippen molar-refractivity contribution in [3.8, 4) is 34.1 Å². The van der Waals surface area contributed by atoms with Crippen molar-refractivity contribution in [2.45, 2.75) is 110 Å². The molecule has 0 saturated heterocycles. The maximum atomic E-state index is 13.8. The summed E-state index contributed by atoms with van der Waals surface area (Å²) in [5, 5.41) is 0. The Kier molecular flexibility index (Phi) is 20.0. The minimum absolute atomic E-state index is 0.00552. The topological polar surface area (TPSA) is 144 Å². The number of ketones is 4. The molecular formula is C78H81NO10. The van der Waals surface area contributed by atoms with E-state index in [0.717, 1.165) is 52.7 Å². The largest absolute Gasteiger partial charge is 0.493 e. The number of aliphatic imine (C=N–C) groups is 1. The first-order chi connectivity index (χ1) is 43.3. The number of esters is 1. The van der Waals surface area contributed by atoms with Gasteiger partial charge in [0.15, 0.2) is 34.6 Å². The highest BCUT2D eigenvalue weighted by atomic mass is 16.5. The molecule has 0 aromatic heterocycles. The standard InChI is InChI=1S/C78H81NO10/c1-49(2)61(23-13-26-78(84)89-48-68-64-21-8-6-19-62(64)63-20-7-9-22-65(63)68)71(81)25-10-15-50(3)70(80)24-11-16-51-27-29-53(30-28-51)59-40-56-35-36-72(82)67-45-75(86-5)77(46-69(67)79-47-60(56)41-59)88-38-14-37-87-76-43-58-18-12-17-54-39-55(52-31-32-52)33-34-57(54)42-73(83)66(58)44-74(76)85-4/h6-9,11,13,16-22,26-30,33,40,42-47,49-50,52,54,56,60-61,68H,10,14-15,23-25,31-32,34-39,41,48H2,1-5H3/b16-11+,26-13?,57-42-,79-47?. The summed E-state index contributed by atoms with van der Waals surface area (Å²) in [6.07, 6.45) is 28.6. The summed E-state index contributed by atoms with van der Waals surface area (Å²) in [6, 6.07) is 32.0. The lowest BCUT2D eigenvalue weighted by molar-refractivity contribution is -0.138. The van der Waals surface area contributed by atoms with Gasteiger partial charge in [0.2, 0.25) is 0 Å². The van der Waals surface area contributed by atoms with Crippen molar-refractivity contribution < 1.29 is 47.7 Å². The summed E-state index contributed by atoms with van der Waals surface area (Å²) in [5.74, 6) is 2.63. The maximum absolute atomic E-state index is 13.8. The third kappa shape index (κ3) is 14.9. The van der Waals surface area contributed by atoms with E-state index in [1.54, 1.807) is 44.6 Å². The molecule has 1 heterocycles. The molecule has 0 amide bonds. The zero-order valence-corrected chi connectivity index (χ0v) is 52.0. The number of hydrogen-bond acceptors (Lipinski definition) is 11. The number of ether oxygens (including phenoxy) is 5. The molecule has 1 fully saturated rings. The van der Waals surface area contributed by atoms with Crippen LogP contribution in [-0.4, -0.2) is 69.4 Å². The molecule has 5 aromatic carbocycles. The van der Waals surface area contributed by atoms with Crippen molar-refractivity contribution in [1.29, 1.82) is 0 Å². The fourth-order valence-electron chi connectivity index (χ4n) is 13.4. The van der Waals surface area contributed by atoms with E-state index in [4.69, 9.17) is 28.7 Å². The maximum Gasteiger partial charge on any atom is 0.330 e. The molecule has 11 rings (SSSR count). The Morgan fingerprint density at radius 1 is 0.730 bits per heavy atom. The van der Waals surface area contributed by atoms with Crippen molar-refractivity contribution in [2.75, 3.05) is 34.0 Å². The molecule has 1 saturated carbocycles. The SMILES string of the molecule is COc1cc2c(cc1OCCCOc1cc3c(cc1OC)C(=O)CCC1C=C(c4ccc(/C=C/CC(=O)C(C)CCCC(=O)C(CC=CC(=O)OCC5c6ccccc6-c6ccccc65)C(C)C)cc4)CC1C=N3)C=C=CC1CC(C3CC3)=CC/C1=C/C2=O. The normalized spacial score (nSPS) is 19.8. The van der Waals surface area contributed by atoms with E-state index in [9.17, 15) is 24.0 Å². The highest BCUT2D eigenvalue weighted by Gasteiger charge is 2.33. The monoisotopic (exact) mass is 1190 g/mol. The molecule has 458 valence electrons. The van der Waals surface area contributed by atoms with Crippen LogP contribution in [0, 0.1) is 41.4 Å². The van der Waals surface area contributed by atoms with Crippen LogP contribution in [0.1, 0.15) is 159 Å². The van der Waals surface area contributed by atoms with E-state index >= 15 is 0 Å². The molecule has 11 nitrogen and oxygen atoms in total. The molecule has 0 radical (unpaired) electrons. The van der Waals surface area contributed by atoms with Crippen LogP contribution < -0.4 is 18.9 Å². The number of Topliss-reactive ketones (excluding diaryl/α,β-unsaturated/α-hetero) is 3. The number of rotatable bonds is 25. The molecule has 0 spiro atoms. The van der Waals surface area contributed by atoms with E-state index in [-0.39, 0.29) is 71.2 Å². The van der Waals surface area contributed by atoms with Crippen molar-refractivity contribution in [3.05, 3.63) is 195 Å².